The summed E-state index contributed by atoms with van der Waals surface area (Å²) in [6, 6.07) is 0. The van der Waals surface area contributed by atoms with Crippen molar-refractivity contribution in [1.82, 2.24) is 0 Å². The highest BCUT2D eigenvalue weighted by Crippen LogP contribution is 2.20. The molecule has 99 heavy (non-hydrogen) atoms. The fraction of sp³-hybridized carbons (Fsp3) is 0.789. The van der Waals surface area contributed by atoms with E-state index in [9.17, 15) is 19.5 Å². The van der Waals surface area contributed by atoms with Crippen LogP contribution >= 0.6 is 0 Å². The molecule has 0 aromatic carbocycles. The van der Waals surface area contributed by atoms with E-state index in [4.69, 9.17) is 18.9 Å². The van der Waals surface area contributed by atoms with Crippen molar-refractivity contribution in [2.24, 2.45) is 0 Å². The van der Waals surface area contributed by atoms with Gasteiger partial charge in [-0.3, -0.25) is 9.59 Å². The summed E-state index contributed by atoms with van der Waals surface area (Å²) in [7, 11) is 6.00. The van der Waals surface area contributed by atoms with Gasteiger partial charge in [0.25, 0.3) is 6.29 Å². The van der Waals surface area contributed by atoms with E-state index in [0.29, 0.717) is 17.4 Å². The van der Waals surface area contributed by atoms with Crippen LogP contribution in [-0.4, -0.2) is 87.4 Å². The summed E-state index contributed by atoms with van der Waals surface area (Å²) < 4.78 is 23.1. The Morgan fingerprint density at radius 3 is 0.859 bits per heavy atom. The number of esters is 2. The Morgan fingerprint density at radius 1 is 0.313 bits per heavy atom. The molecule has 0 radical (unpaired) electrons. The van der Waals surface area contributed by atoms with Crippen molar-refractivity contribution >= 4 is 17.9 Å². The average Bonchev–Trinajstić information content (AvgIpc) is 1.14. The predicted octanol–water partition coefficient (Wildman–Crippen LogP) is 27.5. The van der Waals surface area contributed by atoms with E-state index >= 15 is 0 Å². The summed E-state index contributed by atoms with van der Waals surface area (Å²) in [4.78, 5) is 37.8. The molecule has 0 saturated carbocycles. The highest BCUT2D eigenvalue weighted by molar-refractivity contribution is 5.71. The van der Waals surface area contributed by atoms with E-state index in [1.54, 1.807) is 0 Å². The molecule has 1 N–H and O–H groups in total. The van der Waals surface area contributed by atoms with Crippen LogP contribution in [0, 0.1) is 0 Å². The van der Waals surface area contributed by atoms with E-state index in [0.717, 1.165) is 83.5 Å². The van der Waals surface area contributed by atoms with Gasteiger partial charge in [-0.05, 0) is 96.3 Å². The van der Waals surface area contributed by atoms with Crippen molar-refractivity contribution in [2.45, 2.75) is 411 Å². The van der Waals surface area contributed by atoms with Gasteiger partial charge in [0, 0.05) is 12.8 Å². The van der Waals surface area contributed by atoms with Crippen LogP contribution in [0.25, 0.3) is 0 Å². The standard InChI is InChI=1S/C90H161NO8/c1-6-8-10-12-14-16-18-20-22-24-26-28-30-32-34-36-38-40-42-43-44-45-47-49-51-53-55-57-59-61-63-65-67-69-71-73-75-77-79-81-88(93)99-86(85-98-90(89(94)95)96-83-82-91(3,4)5)84-97-87(92)80-78-76-74-72-70-68-66-64-62-60-58-56-54-52-50-48-46-41-39-37-35-33-31-29-27-25-23-21-19-17-15-13-11-9-7-2/h8,10,14,16,19-22,25-28,32,34,38,40,86,90H,6-7,9,11-13,15,17-18,23-24,29-31,33,35-37,39,41-85H2,1-5H3/p+1/b10-8-,16-14-,21-19-,22-20-,27-25-,28-26-,34-32-,40-38-. The lowest BCUT2D eigenvalue weighted by Gasteiger charge is -2.25. The molecule has 0 heterocycles. The number of quaternary nitrogens is 1. The minimum absolute atomic E-state index is 0.179. The third-order valence-corrected chi connectivity index (χ3v) is 18.8. The minimum Gasteiger partial charge on any atom is -0.477 e. The zero-order valence-electron chi connectivity index (χ0n) is 65.9. The van der Waals surface area contributed by atoms with Gasteiger partial charge in [-0.2, -0.15) is 0 Å². The van der Waals surface area contributed by atoms with Crippen LogP contribution in [0.3, 0.4) is 0 Å². The van der Waals surface area contributed by atoms with Gasteiger partial charge in [0.15, 0.2) is 6.10 Å². The maximum atomic E-state index is 13.0. The molecule has 0 aromatic rings. The molecule has 0 aliphatic heterocycles. The number of carboxylic acids is 1. The SMILES string of the molecule is CC/C=C\C/C=C\C/C=C\C/C=C\C/C=C\C/C=C\CCCCCCCCCCCCCCCCCCCCCCC(=O)OC(COC(=O)CCCCCCCCCCCCCCCCCCCCCCCCC/C=C\C/C=C\CCCCCCC)COC(OCC[N+](C)(C)C)C(=O)O. The molecular weight excluding hydrogens is 1220 g/mol. The molecule has 0 aliphatic carbocycles. The largest absolute Gasteiger partial charge is 0.477 e. The first-order chi connectivity index (χ1) is 48.6. The van der Waals surface area contributed by atoms with E-state index in [1.165, 1.54) is 289 Å². The lowest BCUT2D eigenvalue weighted by atomic mass is 10.0. The molecule has 0 fully saturated rings. The molecule has 0 rings (SSSR count). The molecule has 9 heteroatoms. The van der Waals surface area contributed by atoms with Crippen LogP contribution in [0.4, 0.5) is 0 Å². The first-order valence-corrected chi connectivity index (χ1v) is 42.4. The number of rotatable bonds is 79. The second-order valence-electron chi connectivity index (χ2n) is 29.8. The fourth-order valence-electron chi connectivity index (χ4n) is 12.4. The molecule has 0 bridgehead atoms. The summed E-state index contributed by atoms with van der Waals surface area (Å²) in [5.74, 6) is -1.98. The Labute approximate surface area is 613 Å². The van der Waals surface area contributed by atoms with Crippen molar-refractivity contribution in [3.8, 4) is 0 Å². The van der Waals surface area contributed by atoms with E-state index in [2.05, 4.69) is 111 Å². The molecular formula is C90H162NO8+. The highest BCUT2D eigenvalue weighted by atomic mass is 16.7. The van der Waals surface area contributed by atoms with Gasteiger partial charge < -0.3 is 28.5 Å². The van der Waals surface area contributed by atoms with Crippen LogP contribution in [-0.2, 0) is 33.3 Å². The number of likely N-dealkylation sites (N-methyl/N-ethyl adjacent to an activating group) is 1. The van der Waals surface area contributed by atoms with Crippen molar-refractivity contribution in [3.05, 3.63) is 97.2 Å². The van der Waals surface area contributed by atoms with Crippen LogP contribution in [0.15, 0.2) is 97.2 Å². The number of unbranched alkanes of at least 4 members (excludes halogenated alkanes) is 48. The minimum atomic E-state index is -1.51. The summed E-state index contributed by atoms with van der Waals surface area (Å²) in [6.07, 6.45) is 109. The number of carboxylic acid groups (broad SMARTS) is 1. The van der Waals surface area contributed by atoms with Crippen molar-refractivity contribution in [2.75, 3.05) is 47.5 Å². The molecule has 0 aliphatic rings. The number of carbonyl (C=O) groups is 3. The molecule has 2 unspecified atom stereocenters. The van der Waals surface area contributed by atoms with Crippen LogP contribution in [0.5, 0.6) is 0 Å². The first-order valence-electron chi connectivity index (χ1n) is 42.4. The van der Waals surface area contributed by atoms with Gasteiger partial charge in [0.1, 0.15) is 13.2 Å². The normalized spacial score (nSPS) is 13.1. The first kappa shape index (κ1) is 95.2. The molecule has 2 atom stereocenters. The van der Waals surface area contributed by atoms with Crippen LogP contribution in [0.2, 0.25) is 0 Å². The highest BCUT2D eigenvalue weighted by Gasteiger charge is 2.25. The molecule has 0 spiro atoms. The van der Waals surface area contributed by atoms with Gasteiger partial charge in [0.05, 0.1) is 34.4 Å². The monoisotopic (exact) mass is 1390 g/mol. The summed E-state index contributed by atoms with van der Waals surface area (Å²) in [5.41, 5.74) is 0. The molecule has 0 saturated heterocycles. The summed E-state index contributed by atoms with van der Waals surface area (Å²) >= 11 is 0. The molecule has 9 nitrogen and oxygen atoms in total. The second kappa shape index (κ2) is 79.9. The number of hydrogen-bond donors (Lipinski definition) is 1. The molecule has 574 valence electrons. The van der Waals surface area contributed by atoms with Crippen molar-refractivity contribution in [1.29, 1.82) is 0 Å². The number of carbonyl (C=O) groups excluding carboxylic acids is 2. The van der Waals surface area contributed by atoms with Crippen LogP contribution in [0.1, 0.15) is 399 Å². The number of aliphatic carboxylic acids is 1. The Bertz CT molecular complexity index is 1960. The maximum absolute atomic E-state index is 13.0. The predicted molar refractivity (Wildman–Crippen MR) is 429 cm³/mol. The Morgan fingerprint density at radius 2 is 0.576 bits per heavy atom. The third-order valence-electron chi connectivity index (χ3n) is 18.8. The molecule has 0 amide bonds. The van der Waals surface area contributed by atoms with E-state index in [1.807, 2.05) is 21.1 Å². The Balaban J connectivity index is 3.96. The number of hydrogen-bond acceptors (Lipinski definition) is 7. The number of allylic oxidation sites excluding steroid dienone is 16. The van der Waals surface area contributed by atoms with Gasteiger partial charge in [-0.1, -0.05) is 387 Å². The maximum Gasteiger partial charge on any atom is 0.361 e. The lowest BCUT2D eigenvalue weighted by molar-refractivity contribution is -0.870. The molecule has 0 aromatic heterocycles. The topological polar surface area (TPSA) is 108 Å². The van der Waals surface area contributed by atoms with Crippen molar-refractivity contribution < 1.29 is 42.9 Å². The Hall–Kier alpha value is -3.79. The summed E-state index contributed by atoms with van der Waals surface area (Å²) in [6.45, 7) is 4.81. The quantitative estimate of drug-likeness (QED) is 0.0211. The van der Waals surface area contributed by atoms with E-state index in [-0.39, 0.29) is 38.2 Å². The summed E-state index contributed by atoms with van der Waals surface area (Å²) in [5, 5.41) is 9.79. The zero-order valence-corrected chi connectivity index (χ0v) is 65.9. The zero-order chi connectivity index (χ0) is 71.8. The van der Waals surface area contributed by atoms with Crippen LogP contribution < -0.4 is 0 Å². The fourth-order valence-corrected chi connectivity index (χ4v) is 12.4. The third kappa shape index (κ3) is 81.4. The van der Waals surface area contributed by atoms with Crippen molar-refractivity contribution in [3.63, 3.8) is 0 Å². The van der Waals surface area contributed by atoms with Gasteiger partial charge in [-0.25, -0.2) is 4.79 Å². The average molecular weight is 1390 g/mol. The lowest BCUT2D eigenvalue weighted by Crippen LogP contribution is -2.40. The van der Waals surface area contributed by atoms with Gasteiger partial charge in [0.2, 0.25) is 0 Å². The van der Waals surface area contributed by atoms with Gasteiger partial charge >= 0.3 is 17.9 Å². The van der Waals surface area contributed by atoms with E-state index < -0.39 is 18.4 Å². The smallest absolute Gasteiger partial charge is 0.361 e. The Kier molecular flexibility index (Phi) is 76.8. The number of nitrogens with zero attached hydrogens (tertiary/aromatic N) is 1. The van der Waals surface area contributed by atoms with Gasteiger partial charge in [-0.15, -0.1) is 0 Å². The number of ether oxygens (including phenoxy) is 4. The second-order valence-corrected chi connectivity index (χ2v) is 29.8.